The average Bonchev–Trinajstić information content (AvgIpc) is 2.80. The quantitative estimate of drug-likeness (QED) is 0.790. The lowest BCUT2D eigenvalue weighted by Gasteiger charge is -2.32. The van der Waals surface area contributed by atoms with Crippen molar-refractivity contribution >= 4 is 27.3 Å². The van der Waals surface area contributed by atoms with E-state index in [1.165, 1.54) is 23.6 Å². The Bertz CT molecular complexity index is 964. The Morgan fingerprint density at radius 1 is 0.833 bits per heavy atom. The molecule has 7 heteroatoms. The van der Waals surface area contributed by atoms with Crippen molar-refractivity contribution in [1.29, 1.82) is 0 Å². The number of rotatable bonds is 5. The zero-order chi connectivity index (χ0) is 21.0. The Morgan fingerprint density at radius 3 is 2.17 bits per heavy atom. The van der Waals surface area contributed by atoms with Gasteiger partial charge in [-0.25, -0.2) is 8.42 Å². The summed E-state index contributed by atoms with van der Waals surface area (Å²) in [5.41, 5.74) is 1.93. The number of carbonyl (C=O) groups excluding carboxylic acids is 1. The van der Waals surface area contributed by atoms with Crippen molar-refractivity contribution in [1.82, 2.24) is 4.31 Å². The first-order valence-electron chi connectivity index (χ1n) is 10.8. The highest BCUT2D eigenvalue weighted by atomic mass is 32.2. The summed E-state index contributed by atoms with van der Waals surface area (Å²) in [7, 11) is -3.50. The first-order chi connectivity index (χ1) is 14.6. The highest BCUT2D eigenvalue weighted by molar-refractivity contribution is 7.89. The smallest absolute Gasteiger partial charge is 0.243 e. The van der Waals surface area contributed by atoms with E-state index in [1.54, 1.807) is 30.3 Å². The summed E-state index contributed by atoms with van der Waals surface area (Å²) in [5, 5.41) is 3.11. The number of carbonyl (C=O) groups is 1. The Balaban J connectivity index is 1.39. The van der Waals surface area contributed by atoms with Crippen LogP contribution < -0.4 is 10.2 Å². The maximum atomic E-state index is 12.9. The van der Waals surface area contributed by atoms with Gasteiger partial charge in [-0.15, -0.1) is 0 Å². The van der Waals surface area contributed by atoms with Crippen molar-refractivity contribution in [2.24, 2.45) is 5.92 Å². The lowest BCUT2D eigenvalue weighted by molar-refractivity contribution is -0.120. The fourth-order valence-electron chi connectivity index (χ4n) is 4.32. The summed E-state index contributed by atoms with van der Waals surface area (Å²) < 4.78 is 27.1. The Hall–Kier alpha value is -2.38. The predicted molar refractivity (Wildman–Crippen MR) is 119 cm³/mol. The van der Waals surface area contributed by atoms with E-state index in [0.717, 1.165) is 24.5 Å². The van der Waals surface area contributed by atoms with Crippen LogP contribution in [0, 0.1) is 5.92 Å². The number of anilines is 2. The number of piperidine rings is 2. The number of para-hydroxylation sites is 2. The average molecular weight is 428 g/mol. The molecule has 30 heavy (non-hydrogen) atoms. The van der Waals surface area contributed by atoms with E-state index in [0.29, 0.717) is 30.8 Å². The van der Waals surface area contributed by atoms with Gasteiger partial charge in [-0.05, 0) is 56.4 Å². The lowest BCUT2D eigenvalue weighted by Crippen LogP contribution is -2.41. The summed E-state index contributed by atoms with van der Waals surface area (Å²) in [6, 6.07) is 16.5. The van der Waals surface area contributed by atoms with Crippen molar-refractivity contribution in [2.45, 2.75) is 37.0 Å². The van der Waals surface area contributed by atoms with Crippen molar-refractivity contribution in [3.05, 3.63) is 54.6 Å². The van der Waals surface area contributed by atoms with Gasteiger partial charge in [-0.3, -0.25) is 4.79 Å². The molecule has 0 unspecified atom stereocenters. The Morgan fingerprint density at radius 2 is 1.47 bits per heavy atom. The van der Waals surface area contributed by atoms with Crippen molar-refractivity contribution in [3.8, 4) is 0 Å². The van der Waals surface area contributed by atoms with Crippen LogP contribution in [0.4, 0.5) is 11.4 Å². The molecule has 0 aromatic heterocycles. The van der Waals surface area contributed by atoms with Crippen molar-refractivity contribution in [3.63, 3.8) is 0 Å². The number of sulfonamides is 1. The standard InChI is InChI=1S/C23H29N3O3S/c27-23(24-21-11-5-6-12-22(21)25-15-7-2-8-16-25)19-13-17-26(18-14-19)30(28,29)20-9-3-1-4-10-20/h1,3-6,9-12,19H,2,7-8,13-18H2,(H,24,27). The van der Waals surface area contributed by atoms with Crippen LogP contribution in [0.1, 0.15) is 32.1 Å². The van der Waals surface area contributed by atoms with Crippen LogP contribution in [-0.4, -0.2) is 44.8 Å². The molecular weight excluding hydrogens is 398 g/mol. The van der Waals surface area contributed by atoms with Gasteiger partial charge in [-0.1, -0.05) is 30.3 Å². The third kappa shape index (κ3) is 4.52. The number of nitrogens with zero attached hydrogens (tertiary/aromatic N) is 2. The molecule has 0 radical (unpaired) electrons. The topological polar surface area (TPSA) is 69.7 Å². The molecule has 4 rings (SSSR count). The van der Waals surface area contributed by atoms with Gasteiger partial charge in [0.25, 0.3) is 0 Å². The SMILES string of the molecule is O=C(Nc1ccccc1N1CCCCC1)C1CCN(S(=O)(=O)c2ccccc2)CC1. The molecule has 0 spiro atoms. The normalized spacial score (nSPS) is 18.9. The van der Waals surface area contributed by atoms with Crippen LogP contribution in [0.2, 0.25) is 0 Å². The summed E-state index contributed by atoms with van der Waals surface area (Å²) in [6.07, 6.45) is 4.68. The van der Waals surface area contributed by atoms with E-state index in [9.17, 15) is 13.2 Å². The fraction of sp³-hybridized carbons (Fsp3) is 0.435. The van der Waals surface area contributed by atoms with E-state index < -0.39 is 10.0 Å². The number of amides is 1. The van der Waals surface area contributed by atoms with Crippen LogP contribution >= 0.6 is 0 Å². The maximum absolute atomic E-state index is 12.9. The molecule has 6 nitrogen and oxygen atoms in total. The molecule has 2 aromatic rings. The molecule has 0 atom stereocenters. The summed E-state index contributed by atoms with van der Waals surface area (Å²) in [6.45, 7) is 2.76. The second-order valence-corrected chi connectivity index (χ2v) is 9.98. The minimum absolute atomic E-state index is 0.0174. The lowest BCUT2D eigenvalue weighted by atomic mass is 9.97. The summed E-state index contributed by atoms with van der Waals surface area (Å²) in [5.74, 6) is -0.196. The number of hydrogen-bond donors (Lipinski definition) is 1. The second-order valence-electron chi connectivity index (χ2n) is 8.05. The molecule has 2 heterocycles. The third-order valence-corrected chi connectivity index (χ3v) is 7.98. The molecule has 1 N–H and O–H groups in total. The monoisotopic (exact) mass is 427 g/mol. The van der Waals surface area contributed by atoms with Crippen LogP contribution in [-0.2, 0) is 14.8 Å². The first kappa shape index (κ1) is 20.9. The largest absolute Gasteiger partial charge is 0.370 e. The Kier molecular flexibility index (Phi) is 6.39. The maximum Gasteiger partial charge on any atom is 0.243 e. The molecular formula is C23H29N3O3S. The number of nitrogens with one attached hydrogen (secondary N) is 1. The predicted octanol–water partition coefficient (Wildman–Crippen LogP) is 3.72. The van der Waals surface area contributed by atoms with Crippen LogP contribution in [0.5, 0.6) is 0 Å². The van der Waals surface area contributed by atoms with E-state index in [2.05, 4.69) is 16.3 Å². The third-order valence-electron chi connectivity index (χ3n) is 6.06. The van der Waals surface area contributed by atoms with E-state index >= 15 is 0 Å². The van der Waals surface area contributed by atoms with Gasteiger partial charge in [0.05, 0.1) is 16.3 Å². The molecule has 2 aliphatic rings. The molecule has 1 amide bonds. The van der Waals surface area contributed by atoms with Gasteiger partial charge >= 0.3 is 0 Å². The van der Waals surface area contributed by atoms with E-state index in [1.807, 2.05) is 18.2 Å². The molecule has 2 saturated heterocycles. The van der Waals surface area contributed by atoms with Gasteiger partial charge in [0.15, 0.2) is 0 Å². The molecule has 2 fully saturated rings. The van der Waals surface area contributed by atoms with Crippen LogP contribution in [0.15, 0.2) is 59.5 Å². The zero-order valence-corrected chi connectivity index (χ0v) is 18.0. The Labute approximate surface area is 178 Å². The fourth-order valence-corrected chi connectivity index (χ4v) is 5.82. The van der Waals surface area contributed by atoms with Gasteiger partial charge in [0.1, 0.15) is 0 Å². The zero-order valence-electron chi connectivity index (χ0n) is 17.2. The van der Waals surface area contributed by atoms with E-state index in [-0.39, 0.29) is 11.8 Å². The summed E-state index contributed by atoms with van der Waals surface area (Å²) >= 11 is 0. The summed E-state index contributed by atoms with van der Waals surface area (Å²) in [4.78, 5) is 15.6. The van der Waals surface area contributed by atoms with Crippen LogP contribution in [0.3, 0.4) is 0 Å². The molecule has 0 bridgehead atoms. The van der Waals surface area contributed by atoms with Crippen molar-refractivity contribution in [2.75, 3.05) is 36.4 Å². The van der Waals surface area contributed by atoms with Gasteiger partial charge in [0, 0.05) is 32.1 Å². The molecule has 2 aliphatic heterocycles. The highest BCUT2D eigenvalue weighted by Gasteiger charge is 2.32. The highest BCUT2D eigenvalue weighted by Crippen LogP contribution is 2.30. The van der Waals surface area contributed by atoms with Crippen molar-refractivity contribution < 1.29 is 13.2 Å². The van der Waals surface area contributed by atoms with Gasteiger partial charge in [0.2, 0.25) is 15.9 Å². The minimum Gasteiger partial charge on any atom is -0.370 e. The number of hydrogen-bond acceptors (Lipinski definition) is 4. The van der Waals surface area contributed by atoms with Crippen LogP contribution in [0.25, 0.3) is 0 Å². The van der Waals surface area contributed by atoms with Gasteiger partial charge in [-0.2, -0.15) is 4.31 Å². The number of benzene rings is 2. The van der Waals surface area contributed by atoms with Gasteiger partial charge < -0.3 is 10.2 Å². The molecule has 0 aliphatic carbocycles. The minimum atomic E-state index is -3.50. The van der Waals surface area contributed by atoms with E-state index in [4.69, 9.17) is 0 Å². The molecule has 0 saturated carbocycles. The first-order valence-corrected chi connectivity index (χ1v) is 12.2. The second kappa shape index (κ2) is 9.18. The molecule has 2 aromatic carbocycles. The molecule has 160 valence electrons.